The fourth-order valence-electron chi connectivity index (χ4n) is 3.56. The molecule has 2 aromatic rings. The topological polar surface area (TPSA) is 77.0 Å². The third-order valence-electron chi connectivity index (χ3n) is 5.13. The van der Waals surface area contributed by atoms with Crippen LogP contribution in [0.4, 0.5) is 0 Å². The molecule has 1 aliphatic heterocycles. The van der Waals surface area contributed by atoms with Gasteiger partial charge in [0.05, 0.1) is 6.20 Å². The summed E-state index contributed by atoms with van der Waals surface area (Å²) in [6.45, 7) is 1.73. The number of nitrogens with zero attached hydrogens (tertiary/aromatic N) is 5. The van der Waals surface area contributed by atoms with Gasteiger partial charge < -0.3 is 9.42 Å². The van der Waals surface area contributed by atoms with Crippen LogP contribution >= 0.6 is 0 Å². The van der Waals surface area contributed by atoms with E-state index in [1.807, 2.05) is 22.8 Å². The molecule has 1 saturated heterocycles. The van der Waals surface area contributed by atoms with Gasteiger partial charge in [-0.1, -0.05) is 5.16 Å². The number of likely N-dealkylation sites (tertiary alicyclic amines) is 1. The molecule has 0 N–H and O–H groups in total. The highest BCUT2D eigenvalue weighted by atomic mass is 16.5. The first-order valence-corrected chi connectivity index (χ1v) is 9.25. The second-order valence-corrected chi connectivity index (χ2v) is 7.39. The predicted octanol–water partition coefficient (Wildman–Crippen LogP) is 2.09. The standard InChI is InChI=1S/C18H25N5O2/c1-22-11-14(10-19-22)9-13-7-8-23(12-13)17(24)4-2-3-16-20-18(21-25-16)15-5-6-15/h10-11,13,15H,2-9,12H2,1H3/t13-/m1/s1. The highest BCUT2D eigenvalue weighted by Crippen LogP contribution is 2.38. The zero-order valence-electron chi connectivity index (χ0n) is 14.7. The van der Waals surface area contributed by atoms with Crippen LogP contribution in [0.15, 0.2) is 16.9 Å². The monoisotopic (exact) mass is 343 g/mol. The van der Waals surface area contributed by atoms with Crippen molar-refractivity contribution in [2.75, 3.05) is 13.1 Å². The van der Waals surface area contributed by atoms with Crippen LogP contribution in [0.25, 0.3) is 0 Å². The Morgan fingerprint density at radius 1 is 1.36 bits per heavy atom. The lowest BCUT2D eigenvalue weighted by molar-refractivity contribution is -0.130. The van der Waals surface area contributed by atoms with Crippen molar-refractivity contribution >= 4 is 5.91 Å². The van der Waals surface area contributed by atoms with Crippen LogP contribution in [0.5, 0.6) is 0 Å². The lowest BCUT2D eigenvalue weighted by Gasteiger charge is -2.16. The number of hydrogen-bond donors (Lipinski definition) is 0. The maximum absolute atomic E-state index is 12.4. The number of carbonyl (C=O) groups excluding carboxylic acids is 1. The second-order valence-electron chi connectivity index (χ2n) is 7.39. The van der Waals surface area contributed by atoms with Crippen LogP contribution in [0.1, 0.15) is 55.3 Å². The van der Waals surface area contributed by atoms with Gasteiger partial charge in [0, 0.05) is 45.1 Å². The van der Waals surface area contributed by atoms with E-state index in [1.54, 1.807) is 0 Å². The van der Waals surface area contributed by atoms with Crippen LogP contribution in [-0.4, -0.2) is 43.8 Å². The predicted molar refractivity (Wildman–Crippen MR) is 90.8 cm³/mol. The summed E-state index contributed by atoms with van der Waals surface area (Å²) >= 11 is 0. The van der Waals surface area contributed by atoms with Crippen LogP contribution in [-0.2, 0) is 24.7 Å². The quantitative estimate of drug-likeness (QED) is 0.769. The lowest BCUT2D eigenvalue weighted by atomic mass is 10.0. The smallest absolute Gasteiger partial charge is 0.226 e. The van der Waals surface area contributed by atoms with E-state index in [2.05, 4.69) is 21.4 Å². The number of aryl methyl sites for hydroxylation is 2. The highest BCUT2D eigenvalue weighted by Gasteiger charge is 2.29. The Kier molecular flexibility index (Phi) is 4.55. The van der Waals surface area contributed by atoms with Gasteiger partial charge in [0.25, 0.3) is 0 Å². The molecule has 1 amide bonds. The average molecular weight is 343 g/mol. The van der Waals surface area contributed by atoms with Crippen molar-refractivity contribution in [3.63, 3.8) is 0 Å². The van der Waals surface area contributed by atoms with E-state index in [0.29, 0.717) is 30.6 Å². The molecule has 0 aromatic carbocycles. The van der Waals surface area contributed by atoms with Crippen molar-refractivity contribution in [1.29, 1.82) is 0 Å². The molecule has 25 heavy (non-hydrogen) atoms. The fourth-order valence-corrected chi connectivity index (χ4v) is 3.56. The molecule has 7 nitrogen and oxygen atoms in total. The first kappa shape index (κ1) is 16.3. The van der Waals surface area contributed by atoms with Gasteiger partial charge in [0.2, 0.25) is 11.8 Å². The Bertz CT molecular complexity index is 733. The third kappa shape index (κ3) is 4.08. The summed E-state index contributed by atoms with van der Waals surface area (Å²) in [6, 6.07) is 0. The molecule has 2 aromatic heterocycles. The molecule has 2 aliphatic rings. The molecular formula is C18H25N5O2. The molecule has 1 atom stereocenters. The third-order valence-corrected chi connectivity index (χ3v) is 5.13. The number of hydrogen-bond acceptors (Lipinski definition) is 5. The summed E-state index contributed by atoms with van der Waals surface area (Å²) in [7, 11) is 1.94. The number of amides is 1. The van der Waals surface area contributed by atoms with Crippen LogP contribution in [0, 0.1) is 5.92 Å². The second kappa shape index (κ2) is 6.98. The number of aromatic nitrogens is 4. The molecule has 0 radical (unpaired) electrons. The molecule has 134 valence electrons. The van der Waals surface area contributed by atoms with Gasteiger partial charge in [-0.25, -0.2) is 0 Å². The molecule has 4 rings (SSSR count). The average Bonchev–Trinajstić information content (AvgIpc) is 2.97. The largest absolute Gasteiger partial charge is 0.342 e. The molecule has 1 saturated carbocycles. The van der Waals surface area contributed by atoms with E-state index in [1.165, 1.54) is 18.4 Å². The summed E-state index contributed by atoms with van der Waals surface area (Å²) in [5, 5.41) is 8.23. The number of carbonyl (C=O) groups is 1. The van der Waals surface area contributed by atoms with Crippen molar-refractivity contribution in [1.82, 2.24) is 24.8 Å². The van der Waals surface area contributed by atoms with E-state index in [0.717, 1.165) is 38.2 Å². The minimum Gasteiger partial charge on any atom is -0.342 e. The van der Waals surface area contributed by atoms with Gasteiger partial charge in [0.1, 0.15) is 0 Å². The summed E-state index contributed by atoms with van der Waals surface area (Å²) in [6.07, 6.45) is 10.4. The molecular weight excluding hydrogens is 318 g/mol. The van der Waals surface area contributed by atoms with Gasteiger partial charge in [-0.15, -0.1) is 0 Å². The van der Waals surface area contributed by atoms with E-state index in [4.69, 9.17) is 4.52 Å². The van der Waals surface area contributed by atoms with Gasteiger partial charge in [-0.2, -0.15) is 10.1 Å². The summed E-state index contributed by atoms with van der Waals surface area (Å²) in [5.74, 6) is 2.82. The Morgan fingerprint density at radius 3 is 3.00 bits per heavy atom. The van der Waals surface area contributed by atoms with Crippen molar-refractivity contribution in [2.24, 2.45) is 13.0 Å². The van der Waals surface area contributed by atoms with Crippen LogP contribution in [0.3, 0.4) is 0 Å². The molecule has 7 heteroatoms. The Morgan fingerprint density at radius 2 is 2.24 bits per heavy atom. The minimum atomic E-state index is 0.246. The van der Waals surface area contributed by atoms with E-state index in [-0.39, 0.29) is 5.91 Å². The molecule has 3 heterocycles. The Balaban J connectivity index is 1.19. The summed E-state index contributed by atoms with van der Waals surface area (Å²) in [5.41, 5.74) is 1.25. The SMILES string of the molecule is Cn1cc(C[C@H]2CCN(C(=O)CCCc3nc(C4CC4)no3)C2)cn1. The van der Waals surface area contributed by atoms with E-state index >= 15 is 0 Å². The van der Waals surface area contributed by atoms with E-state index < -0.39 is 0 Å². The molecule has 0 spiro atoms. The highest BCUT2D eigenvalue weighted by molar-refractivity contribution is 5.76. The zero-order chi connectivity index (χ0) is 17.2. The molecule has 2 fully saturated rings. The van der Waals surface area contributed by atoms with Gasteiger partial charge in [-0.05, 0) is 43.6 Å². The van der Waals surface area contributed by atoms with Crippen molar-refractivity contribution in [3.05, 3.63) is 29.7 Å². The Labute approximate surface area is 147 Å². The molecule has 0 unspecified atom stereocenters. The number of rotatable bonds is 7. The molecule has 0 bridgehead atoms. The summed E-state index contributed by atoms with van der Waals surface area (Å²) < 4.78 is 7.10. The minimum absolute atomic E-state index is 0.246. The first-order chi connectivity index (χ1) is 12.2. The first-order valence-electron chi connectivity index (χ1n) is 9.25. The van der Waals surface area contributed by atoms with Crippen molar-refractivity contribution in [3.8, 4) is 0 Å². The van der Waals surface area contributed by atoms with Crippen LogP contribution in [0.2, 0.25) is 0 Å². The van der Waals surface area contributed by atoms with Gasteiger partial charge >= 0.3 is 0 Å². The van der Waals surface area contributed by atoms with Crippen LogP contribution < -0.4 is 0 Å². The van der Waals surface area contributed by atoms with Crippen molar-refractivity contribution in [2.45, 2.75) is 50.9 Å². The Hall–Kier alpha value is -2.18. The maximum Gasteiger partial charge on any atom is 0.226 e. The molecule has 1 aliphatic carbocycles. The van der Waals surface area contributed by atoms with Gasteiger partial charge in [0.15, 0.2) is 5.82 Å². The van der Waals surface area contributed by atoms with Crippen molar-refractivity contribution < 1.29 is 9.32 Å². The van der Waals surface area contributed by atoms with E-state index in [9.17, 15) is 4.79 Å². The normalized spacial score (nSPS) is 20.4. The lowest BCUT2D eigenvalue weighted by Crippen LogP contribution is -2.28. The fraction of sp³-hybridized carbons (Fsp3) is 0.667. The maximum atomic E-state index is 12.4. The summed E-state index contributed by atoms with van der Waals surface area (Å²) in [4.78, 5) is 18.8. The zero-order valence-corrected chi connectivity index (χ0v) is 14.7. The van der Waals surface area contributed by atoms with Gasteiger partial charge in [-0.3, -0.25) is 9.48 Å².